The van der Waals surface area contributed by atoms with E-state index in [1.165, 1.54) is 18.3 Å². The third kappa shape index (κ3) is 5.14. The van der Waals surface area contributed by atoms with Gasteiger partial charge in [0.25, 0.3) is 11.6 Å². The van der Waals surface area contributed by atoms with Crippen LogP contribution in [-0.2, 0) is 6.61 Å². The van der Waals surface area contributed by atoms with Crippen molar-refractivity contribution in [2.75, 3.05) is 0 Å². The van der Waals surface area contributed by atoms with Gasteiger partial charge in [-0.15, -0.1) is 0 Å². The molecule has 7 heteroatoms. The van der Waals surface area contributed by atoms with Crippen LogP contribution >= 0.6 is 0 Å². The van der Waals surface area contributed by atoms with Crippen molar-refractivity contribution in [1.82, 2.24) is 5.43 Å². The summed E-state index contributed by atoms with van der Waals surface area (Å²) in [7, 11) is 0. The van der Waals surface area contributed by atoms with Crippen LogP contribution in [0.15, 0.2) is 96.1 Å². The summed E-state index contributed by atoms with van der Waals surface area (Å²) in [5.41, 5.74) is 4.47. The second-order valence-electron chi connectivity index (χ2n) is 7.04. The molecule has 7 nitrogen and oxygen atoms in total. The first-order valence-electron chi connectivity index (χ1n) is 9.87. The predicted molar refractivity (Wildman–Crippen MR) is 123 cm³/mol. The van der Waals surface area contributed by atoms with Gasteiger partial charge in [0.1, 0.15) is 12.4 Å². The number of ether oxygens (including phenoxy) is 1. The van der Waals surface area contributed by atoms with Crippen LogP contribution in [0.3, 0.4) is 0 Å². The Kier molecular flexibility index (Phi) is 6.17. The van der Waals surface area contributed by atoms with Crippen molar-refractivity contribution >= 4 is 28.6 Å². The van der Waals surface area contributed by atoms with Gasteiger partial charge in [0, 0.05) is 17.7 Å². The van der Waals surface area contributed by atoms with Crippen LogP contribution in [0.5, 0.6) is 5.75 Å². The summed E-state index contributed by atoms with van der Waals surface area (Å²) in [6, 6.07) is 27.0. The minimum atomic E-state index is -0.473. The molecule has 32 heavy (non-hydrogen) atoms. The van der Waals surface area contributed by atoms with E-state index in [2.05, 4.69) is 16.6 Å². The molecule has 0 fully saturated rings. The van der Waals surface area contributed by atoms with Gasteiger partial charge >= 0.3 is 0 Å². The number of rotatable bonds is 7. The summed E-state index contributed by atoms with van der Waals surface area (Å²) in [5.74, 6) is 0.427. The van der Waals surface area contributed by atoms with Gasteiger partial charge in [-0.05, 0) is 58.3 Å². The van der Waals surface area contributed by atoms with E-state index in [1.807, 2.05) is 48.5 Å². The van der Waals surface area contributed by atoms with E-state index in [4.69, 9.17) is 4.74 Å². The molecule has 0 unspecified atom stereocenters. The molecule has 0 aliphatic heterocycles. The van der Waals surface area contributed by atoms with Crippen molar-refractivity contribution in [1.29, 1.82) is 0 Å². The number of amides is 1. The molecule has 0 radical (unpaired) electrons. The van der Waals surface area contributed by atoms with Crippen LogP contribution in [0, 0.1) is 10.1 Å². The second-order valence-corrected chi connectivity index (χ2v) is 7.04. The van der Waals surface area contributed by atoms with E-state index in [0.717, 1.165) is 22.1 Å². The SMILES string of the molecule is O=C(NN=Cc1ccc([N+](=O)[O-])cc1)c1ccc(COc2ccc3ccccc3c2)cc1. The van der Waals surface area contributed by atoms with Crippen molar-refractivity contribution in [3.05, 3.63) is 118 Å². The first-order valence-corrected chi connectivity index (χ1v) is 9.87. The summed E-state index contributed by atoms with van der Waals surface area (Å²) in [6.45, 7) is 0.387. The van der Waals surface area contributed by atoms with Gasteiger partial charge in [-0.2, -0.15) is 5.10 Å². The number of nitrogens with zero attached hydrogens (tertiary/aromatic N) is 2. The first-order chi connectivity index (χ1) is 15.6. The molecule has 0 spiro atoms. The standard InChI is InChI=1S/C25H19N3O4/c29-25(27-26-16-18-7-12-23(13-8-18)28(30)31)21-9-5-19(6-10-21)17-32-24-14-11-20-3-1-2-4-22(20)15-24/h1-16H,17H2,(H,27,29). The van der Waals surface area contributed by atoms with E-state index in [1.54, 1.807) is 24.3 Å². The lowest BCUT2D eigenvalue weighted by Crippen LogP contribution is -2.17. The fourth-order valence-corrected chi connectivity index (χ4v) is 3.09. The topological polar surface area (TPSA) is 93.8 Å². The second kappa shape index (κ2) is 9.53. The van der Waals surface area contributed by atoms with Crippen LogP contribution in [0.4, 0.5) is 5.69 Å². The van der Waals surface area contributed by atoms with E-state index in [9.17, 15) is 14.9 Å². The van der Waals surface area contributed by atoms with Crippen LogP contribution < -0.4 is 10.2 Å². The Bertz CT molecular complexity index is 1280. The molecule has 4 rings (SSSR count). The highest BCUT2D eigenvalue weighted by Gasteiger charge is 2.06. The molecule has 0 aromatic heterocycles. The largest absolute Gasteiger partial charge is 0.489 e. The van der Waals surface area contributed by atoms with Crippen LogP contribution in [0.25, 0.3) is 10.8 Å². The molecule has 0 aliphatic carbocycles. The summed E-state index contributed by atoms with van der Waals surface area (Å²) >= 11 is 0. The number of carbonyl (C=O) groups is 1. The number of hydrazone groups is 1. The Morgan fingerprint density at radius 3 is 2.38 bits per heavy atom. The number of nitrogens with one attached hydrogen (secondary N) is 1. The lowest BCUT2D eigenvalue weighted by Gasteiger charge is -2.08. The van der Waals surface area contributed by atoms with Crippen LogP contribution in [-0.4, -0.2) is 17.0 Å². The Labute approximate surface area is 184 Å². The molecule has 0 atom stereocenters. The third-order valence-electron chi connectivity index (χ3n) is 4.83. The molecule has 1 N–H and O–H groups in total. The zero-order chi connectivity index (χ0) is 22.3. The van der Waals surface area contributed by atoms with Crippen molar-refractivity contribution in [2.24, 2.45) is 5.10 Å². The number of hydrogen-bond acceptors (Lipinski definition) is 5. The summed E-state index contributed by atoms with van der Waals surface area (Å²) in [6.07, 6.45) is 1.42. The molecular weight excluding hydrogens is 406 g/mol. The van der Waals surface area contributed by atoms with Crippen molar-refractivity contribution < 1.29 is 14.5 Å². The summed E-state index contributed by atoms with van der Waals surface area (Å²) < 4.78 is 5.87. The highest BCUT2D eigenvalue weighted by Crippen LogP contribution is 2.21. The average Bonchev–Trinajstić information content (AvgIpc) is 2.83. The number of fused-ring (bicyclic) bond motifs is 1. The van der Waals surface area contributed by atoms with Crippen molar-refractivity contribution in [3.63, 3.8) is 0 Å². The fourth-order valence-electron chi connectivity index (χ4n) is 3.09. The Hall–Kier alpha value is -4.52. The number of benzene rings is 4. The van der Waals surface area contributed by atoms with E-state index >= 15 is 0 Å². The third-order valence-corrected chi connectivity index (χ3v) is 4.83. The minimum Gasteiger partial charge on any atom is -0.489 e. The lowest BCUT2D eigenvalue weighted by molar-refractivity contribution is -0.384. The Balaban J connectivity index is 1.31. The molecule has 0 aliphatic rings. The quantitative estimate of drug-likeness (QED) is 0.253. The minimum absolute atomic E-state index is 0.00382. The summed E-state index contributed by atoms with van der Waals surface area (Å²) in [5, 5.41) is 16.8. The molecule has 0 bridgehead atoms. The zero-order valence-corrected chi connectivity index (χ0v) is 17.0. The van der Waals surface area contributed by atoms with Crippen molar-refractivity contribution in [3.8, 4) is 5.75 Å². The molecule has 1 amide bonds. The van der Waals surface area contributed by atoms with Gasteiger partial charge in [0.15, 0.2) is 0 Å². The average molecular weight is 425 g/mol. The van der Waals surface area contributed by atoms with Crippen LogP contribution in [0.2, 0.25) is 0 Å². The highest BCUT2D eigenvalue weighted by molar-refractivity contribution is 5.94. The number of nitro benzene ring substituents is 1. The normalized spacial score (nSPS) is 10.9. The van der Waals surface area contributed by atoms with Gasteiger partial charge in [0.2, 0.25) is 0 Å². The molecule has 0 saturated heterocycles. The zero-order valence-electron chi connectivity index (χ0n) is 17.0. The van der Waals surface area contributed by atoms with E-state index in [0.29, 0.717) is 17.7 Å². The monoisotopic (exact) mass is 425 g/mol. The molecule has 4 aromatic rings. The van der Waals surface area contributed by atoms with Gasteiger partial charge in [-0.25, -0.2) is 5.43 Å². The maximum atomic E-state index is 12.2. The smallest absolute Gasteiger partial charge is 0.271 e. The fraction of sp³-hybridized carbons (Fsp3) is 0.0400. The summed E-state index contributed by atoms with van der Waals surface area (Å²) in [4.78, 5) is 22.4. The first kappa shape index (κ1) is 20.7. The lowest BCUT2D eigenvalue weighted by atomic mass is 10.1. The number of nitro groups is 1. The maximum absolute atomic E-state index is 12.2. The Morgan fingerprint density at radius 2 is 1.66 bits per heavy atom. The van der Waals surface area contributed by atoms with Crippen LogP contribution in [0.1, 0.15) is 21.5 Å². The van der Waals surface area contributed by atoms with Crippen molar-refractivity contribution in [2.45, 2.75) is 6.61 Å². The molecule has 0 heterocycles. The number of hydrogen-bond donors (Lipinski definition) is 1. The van der Waals surface area contributed by atoms with Gasteiger partial charge in [-0.3, -0.25) is 14.9 Å². The number of carbonyl (C=O) groups excluding carboxylic acids is 1. The molecule has 4 aromatic carbocycles. The predicted octanol–water partition coefficient (Wildman–Crippen LogP) is 5.09. The van der Waals surface area contributed by atoms with Gasteiger partial charge < -0.3 is 4.74 Å². The van der Waals surface area contributed by atoms with Gasteiger partial charge in [-0.1, -0.05) is 42.5 Å². The molecular formula is C25H19N3O4. The molecule has 0 saturated carbocycles. The highest BCUT2D eigenvalue weighted by atomic mass is 16.6. The maximum Gasteiger partial charge on any atom is 0.271 e. The van der Waals surface area contributed by atoms with E-state index in [-0.39, 0.29) is 11.6 Å². The Morgan fingerprint density at radius 1 is 0.938 bits per heavy atom. The number of non-ortho nitro benzene ring substituents is 1. The van der Waals surface area contributed by atoms with Gasteiger partial charge in [0.05, 0.1) is 11.1 Å². The molecule has 158 valence electrons. The van der Waals surface area contributed by atoms with E-state index < -0.39 is 4.92 Å².